The highest BCUT2D eigenvalue weighted by Crippen LogP contribution is 2.06. The van der Waals surface area contributed by atoms with Crippen molar-refractivity contribution in [3.63, 3.8) is 0 Å². The van der Waals surface area contributed by atoms with Crippen LogP contribution < -0.4 is 10.6 Å². The van der Waals surface area contributed by atoms with Crippen molar-refractivity contribution < 1.29 is 23.5 Å². The molecule has 26 heavy (non-hydrogen) atoms. The molecule has 0 saturated carbocycles. The molecule has 7 nitrogen and oxygen atoms in total. The van der Waals surface area contributed by atoms with Gasteiger partial charge in [-0.15, -0.1) is 0 Å². The molecule has 0 fully saturated rings. The van der Waals surface area contributed by atoms with Crippen molar-refractivity contribution in [2.45, 2.75) is 20.1 Å². The second-order valence-electron chi connectivity index (χ2n) is 5.54. The van der Waals surface area contributed by atoms with Crippen LogP contribution in [0.5, 0.6) is 0 Å². The average molecular weight is 360 g/mol. The minimum Gasteiger partial charge on any atom is -0.472 e. The SMILES string of the molecule is CCOCCOCc1cccc(CNC(=O)CNC(=O)c2ccoc2)c1. The summed E-state index contributed by atoms with van der Waals surface area (Å²) in [6.45, 7) is 4.54. The van der Waals surface area contributed by atoms with E-state index < -0.39 is 0 Å². The van der Waals surface area contributed by atoms with E-state index in [1.54, 1.807) is 0 Å². The van der Waals surface area contributed by atoms with Crippen molar-refractivity contribution >= 4 is 11.8 Å². The number of carbonyl (C=O) groups excluding carboxylic acids is 2. The monoisotopic (exact) mass is 360 g/mol. The van der Waals surface area contributed by atoms with Crippen molar-refractivity contribution in [3.8, 4) is 0 Å². The lowest BCUT2D eigenvalue weighted by molar-refractivity contribution is -0.120. The van der Waals surface area contributed by atoms with Crippen molar-refractivity contribution in [2.75, 3.05) is 26.4 Å². The van der Waals surface area contributed by atoms with Crippen LogP contribution in [-0.4, -0.2) is 38.2 Å². The van der Waals surface area contributed by atoms with Crippen LogP contribution in [0.4, 0.5) is 0 Å². The molecule has 140 valence electrons. The maximum atomic E-state index is 11.9. The largest absolute Gasteiger partial charge is 0.472 e. The smallest absolute Gasteiger partial charge is 0.254 e. The number of rotatable bonds is 11. The number of ether oxygens (including phenoxy) is 2. The van der Waals surface area contributed by atoms with Gasteiger partial charge in [0.25, 0.3) is 5.91 Å². The summed E-state index contributed by atoms with van der Waals surface area (Å²) >= 11 is 0. The minimum atomic E-state index is -0.347. The number of hydrogen-bond donors (Lipinski definition) is 2. The highest BCUT2D eigenvalue weighted by Gasteiger charge is 2.08. The third kappa shape index (κ3) is 7.08. The molecular weight excluding hydrogens is 336 g/mol. The number of hydrogen-bond acceptors (Lipinski definition) is 5. The summed E-state index contributed by atoms with van der Waals surface area (Å²) in [4.78, 5) is 23.6. The zero-order chi connectivity index (χ0) is 18.6. The molecule has 0 saturated heterocycles. The normalized spacial score (nSPS) is 10.5. The summed E-state index contributed by atoms with van der Waals surface area (Å²) in [6.07, 6.45) is 2.73. The fourth-order valence-corrected chi connectivity index (χ4v) is 2.20. The standard InChI is InChI=1S/C19H24N2O5/c1-2-24-8-9-26-13-16-5-3-4-15(10-16)11-20-18(22)12-21-19(23)17-6-7-25-14-17/h3-7,10,14H,2,8-9,11-13H2,1H3,(H,20,22)(H,21,23). The molecule has 0 radical (unpaired) electrons. The highest BCUT2D eigenvalue weighted by atomic mass is 16.5. The molecule has 0 unspecified atom stereocenters. The summed E-state index contributed by atoms with van der Waals surface area (Å²) < 4.78 is 15.6. The van der Waals surface area contributed by atoms with Gasteiger partial charge in [-0.2, -0.15) is 0 Å². The Bertz CT molecular complexity index is 685. The molecule has 7 heteroatoms. The fraction of sp³-hybridized carbons (Fsp3) is 0.368. The van der Waals surface area contributed by atoms with Crippen LogP contribution in [0.1, 0.15) is 28.4 Å². The van der Waals surface area contributed by atoms with Crippen molar-refractivity contribution in [2.24, 2.45) is 0 Å². The summed E-state index contributed by atoms with van der Waals surface area (Å²) in [5.74, 6) is -0.611. The topological polar surface area (TPSA) is 89.8 Å². The molecule has 0 atom stereocenters. The van der Waals surface area contributed by atoms with Gasteiger partial charge in [-0.1, -0.05) is 24.3 Å². The average Bonchev–Trinajstić information content (AvgIpc) is 3.19. The predicted octanol–water partition coefficient (Wildman–Crippen LogP) is 1.88. The van der Waals surface area contributed by atoms with Gasteiger partial charge in [-0.05, 0) is 24.1 Å². The van der Waals surface area contributed by atoms with Crippen molar-refractivity contribution in [1.82, 2.24) is 10.6 Å². The first-order valence-corrected chi connectivity index (χ1v) is 8.49. The molecule has 1 aromatic carbocycles. The van der Waals surface area contributed by atoms with Gasteiger partial charge in [0.05, 0.1) is 38.2 Å². The number of nitrogens with one attached hydrogen (secondary N) is 2. The quantitative estimate of drug-likeness (QED) is 0.597. The molecule has 2 N–H and O–H groups in total. The van der Waals surface area contributed by atoms with Crippen LogP contribution in [0.3, 0.4) is 0 Å². The molecule has 2 aromatic rings. The lowest BCUT2D eigenvalue weighted by atomic mass is 10.1. The second kappa shape index (κ2) is 11.1. The maximum Gasteiger partial charge on any atom is 0.254 e. The van der Waals surface area contributed by atoms with Gasteiger partial charge in [-0.3, -0.25) is 9.59 Å². The number of amides is 2. The van der Waals surface area contributed by atoms with E-state index in [1.165, 1.54) is 18.6 Å². The minimum absolute atomic E-state index is 0.0930. The van der Waals surface area contributed by atoms with Gasteiger partial charge >= 0.3 is 0 Å². The van der Waals surface area contributed by atoms with Crippen LogP contribution in [0.2, 0.25) is 0 Å². The number of benzene rings is 1. The molecule has 1 heterocycles. The fourth-order valence-electron chi connectivity index (χ4n) is 2.20. The van der Waals surface area contributed by atoms with Crippen LogP contribution in [0.15, 0.2) is 47.3 Å². The van der Waals surface area contributed by atoms with E-state index in [0.29, 0.717) is 38.5 Å². The van der Waals surface area contributed by atoms with E-state index >= 15 is 0 Å². The van der Waals surface area contributed by atoms with Gasteiger partial charge in [0.1, 0.15) is 6.26 Å². The predicted molar refractivity (Wildman–Crippen MR) is 95.5 cm³/mol. The molecule has 0 aliphatic carbocycles. The summed E-state index contributed by atoms with van der Waals surface area (Å²) in [5, 5.41) is 5.31. The zero-order valence-electron chi connectivity index (χ0n) is 14.8. The van der Waals surface area contributed by atoms with E-state index in [9.17, 15) is 9.59 Å². The maximum absolute atomic E-state index is 11.9. The lowest BCUT2D eigenvalue weighted by Gasteiger charge is -2.09. The molecule has 0 aliphatic rings. The molecule has 0 bridgehead atoms. The first kappa shape index (κ1) is 19.7. The third-order valence-corrected chi connectivity index (χ3v) is 3.52. The van der Waals surface area contributed by atoms with E-state index in [1.807, 2.05) is 31.2 Å². The Balaban J connectivity index is 1.68. The van der Waals surface area contributed by atoms with Gasteiger partial charge in [0.15, 0.2) is 0 Å². The van der Waals surface area contributed by atoms with Crippen molar-refractivity contribution in [3.05, 3.63) is 59.5 Å². The Morgan fingerprint density at radius 3 is 2.65 bits per heavy atom. The van der Waals surface area contributed by atoms with Crippen LogP contribution in [0, 0.1) is 0 Å². The Morgan fingerprint density at radius 1 is 1.08 bits per heavy atom. The van der Waals surface area contributed by atoms with Gasteiger partial charge in [0.2, 0.25) is 5.91 Å². The van der Waals surface area contributed by atoms with Crippen molar-refractivity contribution in [1.29, 1.82) is 0 Å². The molecular formula is C19H24N2O5. The molecule has 0 spiro atoms. The molecule has 1 aromatic heterocycles. The number of carbonyl (C=O) groups is 2. The van der Waals surface area contributed by atoms with Gasteiger partial charge in [-0.25, -0.2) is 0 Å². The Labute approximate surface area is 152 Å². The van der Waals surface area contributed by atoms with Gasteiger partial charge < -0.3 is 24.5 Å². The first-order chi connectivity index (χ1) is 12.7. The van der Waals surface area contributed by atoms with E-state index in [0.717, 1.165) is 11.1 Å². The highest BCUT2D eigenvalue weighted by molar-refractivity contribution is 5.96. The van der Waals surface area contributed by atoms with Gasteiger partial charge in [0, 0.05) is 13.2 Å². The zero-order valence-corrected chi connectivity index (χ0v) is 14.8. The van der Waals surface area contributed by atoms with E-state index in [4.69, 9.17) is 13.9 Å². The summed E-state index contributed by atoms with van der Waals surface area (Å²) in [6, 6.07) is 9.33. The van der Waals surface area contributed by atoms with Crippen LogP contribution >= 0.6 is 0 Å². The van der Waals surface area contributed by atoms with Crippen LogP contribution in [0.25, 0.3) is 0 Å². The third-order valence-electron chi connectivity index (χ3n) is 3.52. The Morgan fingerprint density at radius 2 is 1.88 bits per heavy atom. The summed E-state index contributed by atoms with van der Waals surface area (Å²) in [5.41, 5.74) is 2.38. The van der Waals surface area contributed by atoms with E-state index in [2.05, 4.69) is 10.6 Å². The summed E-state index contributed by atoms with van der Waals surface area (Å²) in [7, 11) is 0. The Kier molecular flexibility index (Phi) is 8.38. The number of furan rings is 1. The molecule has 2 rings (SSSR count). The van der Waals surface area contributed by atoms with E-state index in [-0.39, 0.29) is 18.4 Å². The first-order valence-electron chi connectivity index (χ1n) is 8.49. The lowest BCUT2D eigenvalue weighted by Crippen LogP contribution is -2.36. The molecule has 2 amide bonds. The second-order valence-corrected chi connectivity index (χ2v) is 5.54. The Hall–Kier alpha value is -2.64. The molecule has 0 aliphatic heterocycles. The van der Waals surface area contributed by atoms with Crippen LogP contribution in [-0.2, 0) is 27.4 Å².